The van der Waals surface area contributed by atoms with Crippen molar-refractivity contribution in [2.75, 3.05) is 6.54 Å². The van der Waals surface area contributed by atoms with Crippen molar-refractivity contribution >= 4 is 5.91 Å². The van der Waals surface area contributed by atoms with Gasteiger partial charge in [-0.1, -0.05) is 12.1 Å². The van der Waals surface area contributed by atoms with Crippen molar-refractivity contribution in [2.45, 2.75) is 39.3 Å². The Balaban J connectivity index is 2.31. The molecule has 0 saturated heterocycles. The maximum absolute atomic E-state index is 12.9. The summed E-state index contributed by atoms with van der Waals surface area (Å²) in [6.07, 6.45) is 0.705. The summed E-state index contributed by atoms with van der Waals surface area (Å²) in [5, 5.41) is 5.96. The number of hydrogen-bond acceptors (Lipinski definition) is 2. The van der Waals surface area contributed by atoms with Gasteiger partial charge in [0.05, 0.1) is 6.04 Å². The van der Waals surface area contributed by atoms with E-state index in [1.54, 1.807) is 6.07 Å². The van der Waals surface area contributed by atoms with Gasteiger partial charge < -0.3 is 10.6 Å². The number of carbonyl (C=O) groups excluding carboxylic acids is 1. The molecule has 0 aliphatic heterocycles. The van der Waals surface area contributed by atoms with Crippen molar-refractivity contribution in [1.29, 1.82) is 0 Å². The molecule has 0 spiro atoms. The van der Waals surface area contributed by atoms with Crippen LogP contribution in [0.15, 0.2) is 24.3 Å². The van der Waals surface area contributed by atoms with E-state index in [1.165, 1.54) is 12.1 Å². The molecule has 2 N–H and O–H groups in total. The highest BCUT2D eigenvalue weighted by atomic mass is 19.1. The van der Waals surface area contributed by atoms with Crippen molar-refractivity contribution in [1.82, 2.24) is 10.6 Å². The number of rotatable bonds is 6. The Labute approximate surface area is 108 Å². The Bertz CT molecular complexity index is 393. The lowest BCUT2D eigenvalue weighted by molar-refractivity contribution is -0.123. The first-order chi connectivity index (χ1) is 8.49. The Morgan fingerprint density at radius 3 is 2.67 bits per heavy atom. The number of halogens is 1. The third-order valence-electron chi connectivity index (χ3n) is 2.58. The van der Waals surface area contributed by atoms with Crippen molar-refractivity contribution in [3.8, 4) is 0 Å². The van der Waals surface area contributed by atoms with Crippen LogP contribution in [0.1, 0.15) is 26.3 Å². The van der Waals surface area contributed by atoms with Gasteiger partial charge in [-0.25, -0.2) is 4.39 Å². The van der Waals surface area contributed by atoms with Crippen LogP contribution in [0.2, 0.25) is 0 Å². The van der Waals surface area contributed by atoms with Crippen molar-refractivity contribution in [3.63, 3.8) is 0 Å². The topological polar surface area (TPSA) is 41.1 Å². The number of carbonyl (C=O) groups is 1. The van der Waals surface area contributed by atoms with E-state index in [-0.39, 0.29) is 23.8 Å². The van der Waals surface area contributed by atoms with Gasteiger partial charge in [0, 0.05) is 6.04 Å². The number of nitrogens with one attached hydrogen (secondary N) is 2. The molecule has 0 aliphatic carbocycles. The monoisotopic (exact) mass is 252 g/mol. The van der Waals surface area contributed by atoms with E-state index in [4.69, 9.17) is 0 Å². The van der Waals surface area contributed by atoms with E-state index < -0.39 is 0 Å². The third-order valence-corrected chi connectivity index (χ3v) is 2.58. The van der Waals surface area contributed by atoms with Gasteiger partial charge in [-0.3, -0.25) is 4.79 Å². The van der Waals surface area contributed by atoms with Crippen LogP contribution in [0.5, 0.6) is 0 Å². The minimum Gasteiger partial charge on any atom is -0.353 e. The second-order valence-corrected chi connectivity index (χ2v) is 4.72. The van der Waals surface area contributed by atoms with Gasteiger partial charge in [-0.2, -0.15) is 0 Å². The van der Waals surface area contributed by atoms with Crippen LogP contribution in [0.4, 0.5) is 4.39 Å². The van der Waals surface area contributed by atoms with E-state index in [1.807, 2.05) is 26.8 Å². The van der Waals surface area contributed by atoms with E-state index in [9.17, 15) is 9.18 Å². The highest BCUT2D eigenvalue weighted by Crippen LogP contribution is 2.03. The van der Waals surface area contributed by atoms with E-state index in [2.05, 4.69) is 10.6 Å². The fraction of sp³-hybridized carbons (Fsp3) is 0.500. The van der Waals surface area contributed by atoms with Crippen molar-refractivity contribution < 1.29 is 9.18 Å². The predicted molar refractivity (Wildman–Crippen MR) is 70.8 cm³/mol. The van der Waals surface area contributed by atoms with Crippen LogP contribution >= 0.6 is 0 Å². The molecule has 0 radical (unpaired) electrons. The van der Waals surface area contributed by atoms with Crippen LogP contribution in [0, 0.1) is 5.82 Å². The fourth-order valence-electron chi connectivity index (χ4n) is 1.63. The molecule has 0 heterocycles. The van der Waals surface area contributed by atoms with Crippen LogP contribution in [0.25, 0.3) is 0 Å². The summed E-state index contributed by atoms with van der Waals surface area (Å²) >= 11 is 0. The number of amides is 1. The zero-order valence-corrected chi connectivity index (χ0v) is 11.2. The molecule has 1 aromatic rings. The standard InChI is InChI=1S/C14H21FN2O/c1-10(2)17-14(18)11(3)16-8-7-12-5-4-6-13(15)9-12/h4-6,9-11,16H,7-8H2,1-3H3,(H,17,18). The molecular weight excluding hydrogens is 231 g/mol. The fourth-order valence-corrected chi connectivity index (χ4v) is 1.63. The van der Waals surface area contributed by atoms with E-state index in [0.717, 1.165) is 5.56 Å². The summed E-state index contributed by atoms with van der Waals surface area (Å²) < 4.78 is 12.9. The van der Waals surface area contributed by atoms with Gasteiger partial charge >= 0.3 is 0 Å². The Morgan fingerprint density at radius 1 is 1.33 bits per heavy atom. The lowest BCUT2D eigenvalue weighted by Crippen LogP contribution is -2.45. The second kappa shape index (κ2) is 7.11. The van der Waals surface area contributed by atoms with Crippen LogP contribution in [-0.2, 0) is 11.2 Å². The highest BCUT2D eigenvalue weighted by molar-refractivity contribution is 5.81. The average Bonchev–Trinajstić information content (AvgIpc) is 2.28. The molecular formula is C14H21FN2O. The van der Waals surface area contributed by atoms with Gasteiger partial charge in [-0.05, 0) is 51.4 Å². The lowest BCUT2D eigenvalue weighted by Gasteiger charge is -2.15. The minimum atomic E-state index is -0.235. The summed E-state index contributed by atoms with van der Waals surface area (Å²) in [7, 11) is 0. The quantitative estimate of drug-likeness (QED) is 0.811. The average molecular weight is 252 g/mol. The van der Waals surface area contributed by atoms with Crippen molar-refractivity contribution in [3.05, 3.63) is 35.6 Å². The van der Waals surface area contributed by atoms with Crippen molar-refractivity contribution in [2.24, 2.45) is 0 Å². The van der Waals surface area contributed by atoms with Crippen LogP contribution in [-0.4, -0.2) is 24.5 Å². The normalized spacial score (nSPS) is 12.5. The summed E-state index contributed by atoms with van der Waals surface area (Å²) in [4.78, 5) is 11.6. The molecule has 18 heavy (non-hydrogen) atoms. The van der Waals surface area contributed by atoms with Crippen LogP contribution in [0.3, 0.4) is 0 Å². The van der Waals surface area contributed by atoms with Gasteiger partial charge in [0.25, 0.3) is 0 Å². The molecule has 0 aromatic heterocycles. The molecule has 1 amide bonds. The minimum absolute atomic E-state index is 0.00996. The lowest BCUT2D eigenvalue weighted by atomic mass is 10.1. The zero-order chi connectivity index (χ0) is 13.5. The van der Waals surface area contributed by atoms with E-state index in [0.29, 0.717) is 13.0 Å². The van der Waals surface area contributed by atoms with Gasteiger partial charge in [-0.15, -0.1) is 0 Å². The summed E-state index contributed by atoms with van der Waals surface area (Å²) in [5.74, 6) is -0.234. The van der Waals surface area contributed by atoms with Gasteiger partial charge in [0.15, 0.2) is 0 Å². The summed E-state index contributed by atoms with van der Waals surface area (Å²) in [5.41, 5.74) is 0.930. The maximum Gasteiger partial charge on any atom is 0.237 e. The van der Waals surface area contributed by atoms with E-state index >= 15 is 0 Å². The molecule has 1 aromatic carbocycles. The highest BCUT2D eigenvalue weighted by Gasteiger charge is 2.12. The second-order valence-electron chi connectivity index (χ2n) is 4.72. The molecule has 1 rings (SSSR count). The molecule has 0 aliphatic rings. The molecule has 0 fully saturated rings. The zero-order valence-electron chi connectivity index (χ0n) is 11.2. The Hall–Kier alpha value is -1.42. The number of benzene rings is 1. The van der Waals surface area contributed by atoms with Gasteiger partial charge in [0.2, 0.25) is 5.91 Å². The molecule has 100 valence electrons. The molecule has 1 atom stereocenters. The molecule has 3 nitrogen and oxygen atoms in total. The molecule has 4 heteroatoms. The van der Waals surface area contributed by atoms with Crippen LogP contribution < -0.4 is 10.6 Å². The molecule has 0 saturated carbocycles. The SMILES string of the molecule is CC(C)NC(=O)C(C)NCCc1cccc(F)c1. The largest absolute Gasteiger partial charge is 0.353 e. The molecule has 0 bridgehead atoms. The first kappa shape index (κ1) is 14.6. The van der Waals surface area contributed by atoms with Gasteiger partial charge in [0.1, 0.15) is 5.82 Å². The predicted octanol–water partition coefficient (Wildman–Crippen LogP) is 1.87. The summed E-state index contributed by atoms with van der Waals surface area (Å²) in [6, 6.07) is 6.42. The first-order valence-electron chi connectivity index (χ1n) is 6.27. The number of hydrogen-bond donors (Lipinski definition) is 2. The Kier molecular flexibility index (Phi) is 5.78. The Morgan fingerprint density at radius 2 is 2.06 bits per heavy atom. The third kappa shape index (κ3) is 5.27. The smallest absolute Gasteiger partial charge is 0.237 e. The first-order valence-corrected chi connectivity index (χ1v) is 6.27. The molecule has 1 unspecified atom stereocenters. The summed E-state index contributed by atoms with van der Waals surface area (Å²) in [6.45, 7) is 6.33. The maximum atomic E-state index is 12.9.